The third kappa shape index (κ3) is 2.32. The molecule has 110 valence electrons. The molecule has 0 unspecified atom stereocenters. The van der Waals surface area contributed by atoms with Crippen LogP contribution in [0.25, 0.3) is 16.9 Å². The second-order valence-corrected chi connectivity index (χ2v) is 5.27. The molecular weight excluding hydrogens is 308 g/mol. The molecule has 2 N–H and O–H groups in total. The molecule has 0 atom stereocenters. The van der Waals surface area contributed by atoms with Crippen LogP contribution in [0.4, 0.5) is 5.82 Å². The van der Waals surface area contributed by atoms with Crippen LogP contribution in [0, 0.1) is 22.7 Å². The van der Waals surface area contributed by atoms with E-state index in [-0.39, 0.29) is 16.9 Å². The zero-order chi connectivity index (χ0) is 16.4. The van der Waals surface area contributed by atoms with E-state index in [4.69, 9.17) is 17.3 Å². The first-order chi connectivity index (χ1) is 11.2. The van der Waals surface area contributed by atoms with Gasteiger partial charge < -0.3 is 5.73 Å². The van der Waals surface area contributed by atoms with Crippen molar-refractivity contribution in [3.05, 3.63) is 70.7 Å². The summed E-state index contributed by atoms with van der Waals surface area (Å²) in [6, 6.07) is 20.6. The Morgan fingerprint density at radius 2 is 1.48 bits per heavy atom. The van der Waals surface area contributed by atoms with Gasteiger partial charge in [-0.1, -0.05) is 54.1 Å². The van der Waals surface area contributed by atoms with Crippen LogP contribution in [0.15, 0.2) is 54.6 Å². The highest BCUT2D eigenvalue weighted by Gasteiger charge is 2.24. The van der Waals surface area contributed by atoms with Crippen molar-refractivity contribution in [3.63, 3.8) is 0 Å². The second-order valence-electron chi connectivity index (χ2n) is 4.86. The molecule has 0 bridgehead atoms. The van der Waals surface area contributed by atoms with Crippen LogP contribution in [0.3, 0.4) is 0 Å². The number of benzene rings is 2. The maximum absolute atomic E-state index is 9.54. The van der Waals surface area contributed by atoms with Crippen molar-refractivity contribution in [1.29, 1.82) is 10.5 Å². The minimum Gasteiger partial charge on any atom is -0.384 e. The van der Waals surface area contributed by atoms with E-state index >= 15 is 0 Å². The molecule has 0 saturated carbocycles. The predicted octanol–water partition coefficient (Wildman–Crippen LogP) is 4.12. The van der Waals surface area contributed by atoms with Gasteiger partial charge in [0.2, 0.25) is 0 Å². The normalized spacial score (nSPS) is 10.0. The molecule has 0 amide bonds. The molecule has 0 fully saturated rings. The van der Waals surface area contributed by atoms with E-state index in [1.165, 1.54) is 0 Å². The molecule has 3 rings (SSSR count). The second kappa shape index (κ2) is 5.88. The lowest BCUT2D eigenvalue weighted by atomic mass is 10.1. The van der Waals surface area contributed by atoms with E-state index in [1.807, 2.05) is 48.5 Å². The molecule has 0 radical (unpaired) electrons. The average Bonchev–Trinajstić information content (AvgIpc) is 2.87. The molecule has 2 aromatic carbocycles. The number of halogens is 1. The number of rotatable bonds is 2. The molecule has 0 saturated heterocycles. The number of aromatic nitrogens is 1. The highest BCUT2D eigenvalue weighted by Crippen LogP contribution is 2.37. The number of hydrogen-bond acceptors (Lipinski definition) is 3. The van der Waals surface area contributed by atoms with Gasteiger partial charge in [-0.3, -0.25) is 4.57 Å². The Morgan fingerprint density at radius 3 is 2.09 bits per heavy atom. The summed E-state index contributed by atoms with van der Waals surface area (Å²) in [6.07, 6.45) is 0. The van der Waals surface area contributed by atoms with Crippen LogP contribution < -0.4 is 5.73 Å². The van der Waals surface area contributed by atoms with Crippen molar-refractivity contribution in [1.82, 2.24) is 4.57 Å². The largest absolute Gasteiger partial charge is 0.384 e. The van der Waals surface area contributed by atoms with Crippen molar-refractivity contribution < 1.29 is 0 Å². The highest BCUT2D eigenvalue weighted by molar-refractivity contribution is 6.32. The highest BCUT2D eigenvalue weighted by atomic mass is 35.5. The molecule has 0 aliphatic carbocycles. The van der Waals surface area contributed by atoms with Gasteiger partial charge >= 0.3 is 0 Å². The van der Waals surface area contributed by atoms with Crippen LogP contribution in [-0.2, 0) is 0 Å². The topological polar surface area (TPSA) is 78.5 Å². The summed E-state index contributed by atoms with van der Waals surface area (Å²) < 4.78 is 1.66. The van der Waals surface area contributed by atoms with Crippen LogP contribution in [-0.4, -0.2) is 4.57 Å². The van der Waals surface area contributed by atoms with Gasteiger partial charge in [-0.2, -0.15) is 10.5 Å². The van der Waals surface area contributed by atoms with Crippen molar-refractivity contribution in [2.75, 3.05) is 5.73 Å². The Balaban J connectivity index is 2.46. The number of nitrogens with two attached hydrogens (primary N) is 1. The van der Waals surface area contributed by atoms with Crippen molar-refractivity contribution in [2.24, 2.45) is 0 Å². The number of hydrogen-bond donors (Lipinski definition) is 1. The molecule has 1 heterocycles. The minimum atomic E-state index is 0.159. The zero-order valence-electron chi connectivity index (χ0n) is 12.0. The maximum atomic E-state index is 9.54. The fourth-order valence-corrected chi connectivity index (χ4v) is 2.79. The summed E-state index contributed by atoms with van der Waals surface area (Å²) in [5.74, 6) is 0.205. The molecule has 5 heteroatoms. The first kappa shape index (κ1) is 14.7. The standard InChI is InChI=1S/C18H11ClN4/c19-15-8-4-5-9-16(15)23-17(12-6-2-1-3-7-12)13(10-20)14(11-21)18(23)22/h1-9H,22H2. The zero-order valence-corrected chi connectivity index (χ0v) is 12.7. The molecule has 4 nitrogen and oxygen atoms in total. The molecular formula is C18H11ClN4. The third-order valence-electron chi connectivity index (χ3n) is 3.57. The van der Waals surface area contributed by atoms with Crippen molar-refractivity contribution >= 4 is 17.4 Å². The smallest absolute Gasteiger partial charge is 0.128 e. The van der Waals surface area contributed by atoms with Gasteiger partial charge in [0.1, 0.15) is 23.5 Å². The summed E-state index contributed by atoms with van der Waals surface area (Å²) in [4.78, 5) is 0. The Morgan fingerprint density at radius 1 is 0.870 bits per heavy atom. The lowest BCUT2D eigenvalue weighted by molar-refractivity contribution is 1.10. The molecule has 1 aromatic heterocycles. The monoisotopic (exact) mass is 318 g/mol. The number of nitriles is 2. The maximum Gasteiger partial charge on any atom is 0.128 e. The first-order valence-corrected chi connectivity index (χ1v) is 7.21. The average molecular weight is 319 g/mol. The quantitative estimate of drug-likeness (QED) is 0.771. The first-order valence-electron chi connectivity index (χ1n) is 6.83. The molecule has 0 aliphatic rings. The molecule has 3 aromatic rings. The summed E-state index contributed by atoms with van der Waals surface area (Å²) in [7, 11) is 0. The summed E-state index contributed by atoms with van der Waals surface area (Å²) >= 11 is 6.30. The number of para-hydroxylation sites is 1. The van der Waals surface area contributed by atoms with Gasteiger partial charge in [0.05, 0.1) is 22.0 Å². The van der Waals surface area contributed by atoms with Crippen LogP contribution >= 0.6 is 11.6 Å². The molecule has 0 aliphatic heterocycles. The van der Waals surface area contributed by atoms with Gasteiger partial charge in [-0.05, 0) is 17.7 Å². The number of anilines is 1. The van der Waals surface area contributed by atoms with E-state index in [9.17, 15) is 10.5 Å². The Kier molecular flexibility index (Phi) is 3.76. The Labute approximate surface area is 138 Å². The van der Waals surface area contributed by atoms with Crippen LogP contribution in [0.5, 0.6) is 0 Å². The van der Waals surface area contributed by atoms with E-state index in [2.05, 4.69) is 6.07 Å². The molecule has 23 heavy (non-hydrogen) atoms. The van der Waals surface area contributed by atoms with Gasteiger partial charge in [0.25, 0.3) is 0 Å². The Bertz CT molecular complexity index is 959. The minimum absolute atomic E-state index is 0.159. The van der Waals surface area contributed by atoms with Gasteiger partial charge in [0, 0.05) is 0 Å². The summed E-state index contributed by atoms with van der Waals surface area (Å²) in [5, 5.41) is 19.4. The predicted molar refractivity (Wildman–Crippen MR) is 90.1 cm³/mol. The van der Waals surface area contributed by atoms with Crippen LogP contribution in [0.2, 0.25) is 5.02 Å². The Hall–Kier alpha value is -3.21. The summed E-state index contributed by atoms with van der Waals surface area (Å²) in [5.41, 5.74) is 8.55. The van der Waals surface area contributed by atoms with Gasteiger partial charge in [-0.25, -0.2) is 0 Å². The van der Waals surface area contributed by atoms with E-state index < -0.39 is 0 Å². The SMILES string of the molecule is N#Cc1c(C#N)c(-c2ccccc2)n(-c2ccccc2Cl)c1N. The lowest BCUT2D eigenvalue weighted by Crippen LogP contribution is -2.03. The molecule has 0 spiro atoms. The van der Waals surface area contributed by atoms with Crippen molar-refractivity contribution in [2.45, 2.75) is 0 Å². The fraction of sp³-hybridized carbons (Fsp3) is 0. The van der Waals surface area contributed by atoms with E-state index in [0.717, 1.165) is 5.56 Å². The van der Waals surface area contributed by atoms with Crippen LogP contribution in [0.1, 0.15) is 11.1 Å². The van der Waals surface area contributed by atoms with Gasteiger partial charge in [-0.15, -0.1) is 0 Å². The summed E-state index contributed by atoms with van der Waals surface area (Å²) in [6.45, 7) is 0. The third-order valence-corrected chi connectivity index (χ3v) is 3.89. The van der Waals surface area contributed by atoms with E-state index in [0.29, 0.717) is 16.4 Å². The van der Waals surface area contributed by atoms with Crippen molar-refractivity contribution in [3.8, 4) is 29.1 Å². The number of nitrogens with zero attached hydrogens (tertiary/aromatic N) is 3. The number of nitrogen functional groups attached to an aromatic ring is 1. The lowest BCUT2D eigenvalue weighted by Gasteiger charge is -2.13. The van der Waals surface area contributed by atoms with Gasteiger partial charge in [0.15, 0.2) is 0 Å². The fourth-order valence-electron chi connectivity index (χ4n) is 2.57. The van der Waals surface area contributed by atoms with E-state index in [1.54, 1.807) is 16.7 Å².